The van der Waals surface area contributed by atoms with Crippen molar-refractivity contribution in [3.63, 3.8) is 0 Å². The van der Waals surface area contributed by atoms with Crippen molar-refractivity contribution >= 4 is 29.1 Å². The number of nitrogens with one attached hydrogen (secondary N) is 1. The molecule has 1 aromatic carbocycles. The molecule has 6 heteroatoms. The van der Waals surface area contributed by atoms with Gasteiger partial charge in [0.1, 0.15) is 22.8 Å². The third-order valence-corrected chi connectivity index (χ3v) is 2.67. The van der Waals surface area contributed by atoms with Gasteiger partial charge in [-0.25, -0.2) is 0 Å². The van der Waals surface area contributed by atoms with E-state index in [1.807, 2.05) is 0 Å². The van der Waals surface area contributed by atoms with Gasteiger partial charge in [0.25, 0.3) is 0 Å². The van der Waals surface area contributed by atoms with Crippen molar-refractivity contribution in [1.82, 2.24) is 5.32 Å². The molecule has 0 saturated heterocycles. The number of ether oxygens (including phenoxy) is 2. The highest BCUT2D eigenvalue weighted by molar-refractivity contribution is 7.80. The van der Waals surface area contributed by atoms with Crippen LogP contribution >= 0.6 is 12.2 Å². The van der Waals surface area contributed by atoms with Gasteiger partial charge in [0.15, 0.2) is 0 Å². The van der Waals surface area contributed by atoms with Crippen LogP contribution in [-0.4, -0.2) is 29.6 Å². The third kappa shape index (κ3) is 6.35. The molecule has 0 saturated carbocycles. The van der Waals surface area contributed by atoms with Crippen LogP contribution in [0.3, 0.4) is 0 Å². The number of hydrogen-bond donors (Lipinski definition) is 1. The first-order valence-electron chi connectivity index (χ1n) is 6.41. The lowest BCUT2D eigenvalue weighted by atomic mass is 10.2. The average Bonchev–Trinajstić information content (AvgIpc) is 2.36. The van der Waals surface area contributed by atoms with Crippen LogP contribution in [0.1, 0.15) is 32.8 Å². The Balaban J connectivity index is 2.54. The Hall–Kier alpha value is -1.95. The van der Waals surface area contributed by atoms with E-state index in [0.29, 0.717) is 11.3 Å². The minimum Gasteiger partial charge on any atom is -0.497 e. The molecule has 21 heavy (non-hydrogen) atoms. The summed E-state index contributed by atoms with van der Waals surface area (Å²) in [5.74, 6) is -0.385. The second-order valence-corrected chi connectivity index (χ2v) is 5.78. The van der Waals surface area contributed by atoms with Crippen LogP contribution in [-0.2, 0) is 14.3 Å². The quantitative estimate of drug-likeness (QED) is 0.525. The lowest BCUT2D eigenvalue weighted by molar-refractivity contribution is -0.156. The minimum atomic E-state index is -0.617. The van der Waals surface area contributed by atoms with Crippen molar-refractivity contribution in [2.24, 2.45) is 0 Å². The van der Waals surface area contributed by atoms with Crippen molar-refractivity contribution in [3.8, 4) is 5.75 Å². The van der Waals surface area contributed by atoms with Crippen LogP contribution in [0.25, 0.3) is 0 Å². The Labute approximate surface area is 129 Å². The molecule has 0 aliphatic rings. The summed E-state index contributed by atoms with van der Waals surface area (Å²) < 4.78 is 10.1. The predicted molar refractivity (Wildman–Crippen MR) is 83.3 cm³/mol. The van der Waals surface area contributed by atoms with Crippen LogP contribution in [0.15, 0.2) is 24.3 Å². The van der Waals surface area contributed by atoms with E-state index >= 15 is 0 Å². The number of rotatable bonds is 4. The molecule has 0 aromatic heterocycles. The fourth-order valence-corrected chi connectivity index (χ4v) is 1.74. The molecule has 0 atom stereocenters. The van der Waals surface area contributed by atoms with Gasteiger partial charge in [-0.05, 0) is 45.0 Å². The number of benzene rings is 1. The fraction of sp³-hybridized carbons (Fsp3) is 0.400. The molecule has 0 fully saturated rings. The first kappa shape index (κ1) is 17.1. The Morgan fingerprint density at radius 1 is 1.19 bits per heavy atom. The summed E-state index contributed by atoms with van der Waals surface area (Å²) in [5, 5.41) is 2.50. The van der Waals surface area contributed by atoms with E-state index in [-0.39, 0.29) is 11.4 Å². The molecule has 0 radical (unpaired) electrons. The molecule has 1 rings (SSSR count). The fourth-order valence-electron chi connectivity index (χ4n) is 1.49. The number of esters is 1. The SMILES string of the molecule is COc1ccc(C(=S)NC(=O)CC(=O)OC(C)(C)C)cc1. The highest BCUT2D eigenvalue weighted by Gasteiger charge is 2.19. The number of thiocarbonyl (C=S) groups is 1. The van der Waals surface area contributed by atoms with E-state index in [1.54, 1.807) is 52.1 Å². The summed E-state index contributed by atoms with van der Waals surface area (Å²) in [4.78, 5) is 23.5. The Kier molecular flexibility index (Phi) is 5.84. The maximum atomic E-state index is 11.7. The van der Waals surface area contributed by atoms with Crippen LogP contribution in [0.5, 0.6) is 5.75 Å². The van der Waals surface area contributed by atoms with E-state index in [9.17, 15) is 9.59 Å². The summed E-state index contributed by atoms with van der Waals surface area (Å²) in [6, 6.07) is 6.94. The van der Waals surface area contributed by atoms with Gasteiger partial charge in [-0.2, -0.15) is 0 Å². The Bertz CT molecular complexity index is 532. The zero-order valence-corrected chi connectivity index (χ0v) is 13.4. The second kappa shape index (κ2) is 7.17. The molecular formula is C15H19NO4S. The lowest BCUT2D eigenvalue weighted by Crippen LogP contribution is -2.33. The van der Waals surface area contributed by atoms with Crippen molar-refractivity contribution in [1.29, 1.82) is 0 Å². The highest BCUT2D eigenvalue weighted by atomic mass is 32.1. The normalized spacial score (nSPS) is 10.7. The third-order valence-electron chi connectivity index (χ3n) is 2.33. The first-order chi connectivity index (χ1) is 9.71. The van der Waals surface area contributed by atoms with Crippen LogP contribution < -0.4 is 10.1 Å². The lowest BCUT2D eigenvalue weighted by Gasteiger charge is -2.19. The van der Waals surface area contributed by atoms with Crippen molar-refractivity contribution < 1.29 is 19.1 Å². The van der Waals surface area contributed by atoms with Crippen molar-refractivity contribution in [3.05, 3.63) is 29.8 Å². The van der Waals surface area contributed by atoms with Crippen molar-refractivity contribution in [2.75, 3.05) is 7.11 Å². The zero-order valence-electron chi connectivity index (χ0n) is 12.6. The molecule has 0 heterocycles. The van der Waals surface area contributed by atoms with Crippen LogP contribution in [0, 0.1) is 0 Å². The predicted octanol–water partition coefficient (Wildman–Crippen LogP) is 2.22. The average molecular weight is 309 g/mol. The van der Waals surface area contributed by atoms with E-state index in [1.165, 1.54) is 0 Å². The van der Waals surface area contributed by atoms with Gasteiger partial charge in [-0.3, -0.25) is 9.59 Å². The summed E-state index contributed by atoms with van der Waals surface area (Å²) in [6.07, 6.45) is -0.367. The molecule has 0 aliphatic carbocycles. The van der Waals surface area contributed by atoms with Gasteiger partial charge in [-0.15, -0.1) is 0 Å². The molecule has 5 nitrogen and oxygen atoms in total. The molecular weight excluding hydrogens is 290 g/mol. The maximum absolute atomic E-state index is 11.7. The molecule has 1 aromatic rings. The Morgan fingerprint density at radius 3 is 2.24 bits per heavy atom. The van der Waals surface area contributed by atoms with Gasteiger partial charge in [0, 0.05) is 5.56 Å². The van der Waals surface area contributed by atoms with Gasteiger partial charge in [0.2, 0.25) is 5.91 Å². The molecule has 1 N–H and O–H groups in total. The highest BCUT2D eigenvalue weighted by Crippen LogP contribution is 2.12. The Morgan fingerprint density at radius 2 is 1.76 bits per heavy atom. The zero-order chi connectivity index (χ0) is 16.0. The van der Waals surface area contributed by atoms with E-state index < -0.39 is 17.5 Å². The summed E-state index contributed by atoms with van der Waals surface area (Å²) in [7, 11) is 1.57. The summed E-state index contributed by atoms with van der Waals surface area (Å²) in [6.45, 7) is 5.22. The first-order valence-corrected chi connectivity index (χ1v) is 6.82. The number of methoxy groups -OCH3 is 1. The van der Waals surface area contributed by atoms with Gasteiger partial charge in [-0.1, -0.05) is 12.2 Å². The van der Waals surface area contributed by atoms with Crippen molar-refractivity contribution in [2.45, 2.75) is 32.8 Å². The molecule has 0 bridgehead atoms. The van der Waals surface area contributed by atoms with E-state index in [0.717, 1.165) is 0 Å². The molecule has 1 amide bonds. The molecule has 0 spiro atoms. The topological polar surface area (TPSA) is 64.6 Å². The molecule has 0 aliphatic heterocycles. The van der Waals surface area contributed by atoms with Gasteiger partial charge >= 0.3 is 5.97 Å². The van der Waals surface area contributed by atoms with E-state index in [4.69, 9.17) is 21.7 Å². The van der Waals surface area contributed by atoms with Gasteiger partial charge in [0.05, 0.1) is 7.11 Å². The van der Waals surface area contributed by atoms with E-state index in [2.05, 4.69) is 5.32 Å². The largest absolute Gasteiger partial charge is 0.497 e. The van der Waals surface area contributed by atoms with Gasteiger partial charge < -0.3 is 14.8 Å². The molecule has 114 valence electrons. The number of carbonyl (C=O) groups is 2. The summed E-state index contributed by atoms with van der Waals surface area (Å²) >= 11 is 5.11. The standard InChI is InChI=1S/C15H19NO4S/c1-15(2,3)20-13(18)9-12(17)16-14(21)10-5-7-11(19-4)8-6-10/h5-8H,9H2,1-4H3,(H,16,17,21). The number of amides is 1. The number of carbonyl (C=O) groups excluding carboxylic acids is 2. The summed E-state index contributed by atoms with van der Waals surface area (Å²) in [5.41, 5.74) is 0.0526. The monoisotopic (exact) mass is 309 g/mol. The molecule has 0 unspecified atom stereocenters. The maximum Gasteiger partial charge on any atom is 0.315 e. The second-order valence-electron chi connectivity index (χ2n) is 5.37. The minimum absolute atomic E-state index is 0.256. The number of hydrogen-bond acceptors (Lipinski definition) is 5. The van der Waals surface area contributed by atoms with Crippen LogP contribution in [0.2, 0.25) is 0 Å². The smallest absolute Gasteiger partial charge is 0.315 e. The van der Waals surface area contributed by atoms with Crippen LogP contribution in [0.4, 0.5) is 0 Å².